The van der Waals surface area contributed by atoms with Gasteiger partial charge >= 0.3 is 0 Å². The standard InChI is InChI=1S/C16H26N2O2/c1-4-5-9-17-16(19)13-18(3)10-11-20-15-8-6-7-14(2)12-15/h6-8,12H,4-5,9-11,13H2,1-3H3,(H,17,19). The van der Waals surface area contributed by atoms with E-state index in [9.17, 15) is 4.79 Å². The average Bonchev–Trinajstić information content (AvgIpc) is 2.39. The van der Waals surface area contributed by atoms with Gasteiger partial charge < -0.3 is 10.1 Å². The lowest BCUT2D eigenvalue weighted by Gasteiger charge is -2.16. The van der Waals surface area contributed by atoms with Crippen molar-refractivity contribution in [1.29, 1.82) is 0 Å². The second kappa shape index (κ2) is 9.37. The Kier molecular flexibility index (Phi) is 7.73. The molecule has 0 aliphatic heterocycles. The molecule has 1 aromatic rings. The molecule has 0 unspecified atom stereocenters. The number of nitrogens with zero attached hydrogens (tertiary/aromatic N) is 1. The van der Waals surface area contributed by atoms with Gasteiger partial charge in [0.1, 0.15) is 12.4 Å². The number of likely N-dealkylation sites (N-methyl/N-ethyl adjacent to an activating group) is 1. The van der Waals surface area contributed by atoms with Crippen molar-refractivity contribution in [2.45, 2.75) is 26.7 Å². The first kappa shape index (κ1) is 16.5. The number of carbonyl (C=O) groups excluding carboxylic acids is 1. The van der Waals surface area contributed by atoms with Crippen molar-refractivity contribution in [2.24, 2.45) is 0 Å². The number of aryl methyl sites for hydroxylation is 1. The molecular formula is C16H26N2O2. The van der Waals surface area contributed by atoms with E-state index in [2.05, 4.69) is 12.2 Å². The van der Waals surface area contributed by atoms with Crippen LogP contribution in [0.15, 0.2) is 24.3 Å². The zero-order chi connectivity index (χ0) is 14.8. The Labute approximate surface area is 122 Å². The molecule has 0 aliphatic carbocycles. The van der Waals surface area contributed by atoms with E-state index in [1.807, 2.05) is 43.1 Å². The summed E-state index contributed by atoms with van der Waals surface area (Å²) < 4.78 is 5.66. The zero-order valence-electron chi connectivity index (χ0n) is 12.8. The molecule has 0 aliphatic rings. The molecule has 0 atom stereocenters. The topological polar surface area (TPSA) is 41.6 Å². The van der Waals surface area contributed by atoms with Crippen LogP contribution in [0.4, 0.5) is 0 Å². The first-order chi connectivity index (χ1) is 9.61. The average molecular weight is 278 g/mol. The number of hydrogen-bond acceptors (Lipinski definition) is 3. The maximum absolute atomic E-state index is 11.6. The van der Waals surface area contributed by atoms with Crippen LogP contribution in [0.5, 0.6) is 5.75 Å². The van der Waals surface area contributed by atoms with Crippen molar-refractivity contribution in [3.8, 4) is 5.75 Å². The van der Waals surface area contributed by atoms with Gasteiger partial charge in [0, 0.05) is 13.1 Å². The first-order valence-corrected chi connectivity index (χ1v) is 7.26. The summed E-state index contributed by atoms with van der Waals surface area (Å²) in [5, 5.41) is 2.91. The SMILES string of the molecule is CCCCNC(=O)CN(C)CCOc1cccc(C)c1. The summed E-state index contributed by atoms with van der Waals surface area (Å²) in [6, 6.07) is 7.98. The maximum atomic E-state index is 11.6. The number of benzene rings is 1. The van der Waals surface area contributed by atoms with Crippen molar-refractivity contribution in [3.63, 3.8) is 0 Å². The molecular weight excluding hydrogens is 252 g/mol. The molecule has 4 heteroatoms. The molecule has 0 saturated heterocycles. The second-order valence-corrected chi connectivity index (χ2v) is 5.11. The molecule has 0 saturated carbocycles. The van der Waals surface area contributed by atoms with Gasteiger partial charge in [-0.15, -0.1) is 0 Å². The Hall–Kier alpha value is -1.55. The van der Waals surface area contributed by atoms with Gasteiger partial charge in [-0.1, -0.05) is 25.5 Å². The Morgan fingerprint density at radius 1 is 1.40 bits per heavy atom. The van der Waals surface area contributed by atoms with Crippen LogP contribution in [-0.2, 0) is 4.79 Å². The van der Waals surface area contributed by atoms with Gasteiger partial charge in [-0.25, -0.2) is 0 Å². The van der Waals surface area contributed by atoms with Crippen molar-refractivity contribution < 1.29 is 9.53 Å². The van der Waals surface area contributed by atoms with E-state index in [1.165, 1.54) is 5.56 Å². The predicted molar refractivity (Wildman–Crippen MR) is 82.1 cm³/mol. The summed E-state index contributed by atoms with van der Waals surface area (Å²) in [6.07, 6.45) is 2.13. The lowest BCUT2D eigenvalue weighted by atomic mass is 10.2. The van der Waals surface area contributed by atoms with E-state index in [0.29, 0.717) is 13.2 Å². The van der Waals surface area contributed by atoms with Gasteiger partial charge in [0.2, 0.25) is 5.91 Å². The van der Waals surface area contributed by atoms with Gasteiger partial charge in [0.25, 0.3) is 0 Å². The number of carbonyl (C=O) groups is 1. The Bertz CT molecular complexity index is 407. The molecule has 4 nitrogen and oxygen atoms in total. The van der Waals surface area contributed by atoms with E-state index >= 15 is 0 Å². The van der Waals surface area contributed by atoms with Crippen LogP contribution < -0.4 is 10.1 Å². The number of unbranched alkanes of at least 4 members (excludes halogenated alkanes) is 1. The van der Waals surface area contributed by atoms with Crippen LogP contribution >= 0.6 is 0 Å². The summed E-state index contributed by atoms with van der Waals surface area (Å²) in [5.41, 5.74) is 1.19. The number of rotatable bonds is 9. The van der Waals surface area contributed by atoms with E-state index in [0.717, 1.165) is 31.7 Å². The van der Waals surface area contributed by atoms with E-state index < -0.39 is 0 Å². The molecule has 1 rings (SSSR count). The minimum absolute atomic E-state index is 0.0801. The normalized spacial score (nSPS) is 10.6. The van der Waals surface area contributed by atoms with Crippen molar-refractivity contribution in [2.75, 3.05) is 33.3 Å². The number of nitrogens with one attached hydrogen (secondary N) is 1. The fourth-order valence-corrected chi connectivity index (χ4v) is 1.81. The van der Waals surface area contributed by atoms with Crippen LogP contribution in [-0.4, -0.2) is 44.1 Å². The fourth-order valence-electron chi connectivity index (χ4n) is 1.81. The molecule has 0 heterocycles. The lowest BCUT2D eigenvalue weighted by Crippen LogP contribution is -2.37. The third-order valence-electron chi connectivity index (χ3n) is 3.00. The van der Waals surface area contributed by atoms with Gasteiger partial charge in [-0.2, -0.15) is 0 Å². The highest BCUT2D eigenvalue weighted by Gasteiger charge is 2.05. The minimum Gasteiger partial charge on any atom is -0.492 e. The number of amides is 1. The molecule has 1 amide bonds. The summed E-state index contributed by atoms with van der Waals surface area (Å²) in [6.45, 7) is 6.65. The number of ether oxygens (including phenoxy) is 1. The predicted octanol–water partition coefficient (Wildman–Crippen LogP) is 2.22. The van der Waals surface area contributed by atoms with E-state index in [1.54, 1.807) is 0 Å². The largest absolute Gasteiger partial charge is 0.492 e. The third kappa shape index (κ3) is 7.14. The van der Waals surface area contributed by atoms with Crippen molar-refractivity contribution in [1.82, 2.24) is 10.2 Å². The first-order valence-electron chi connectivity index (χ1n) is 7.26. The molecule has 20 heavy (non-hydrogen) atoms. The molecule has 0 fully saturated rings. The van der Waals surface area contributed by atoms with E-state index in [4.69, 9.17) is 4.74 Å². The van der Waals surface area contributed by atoms with Crippen LogP contribution in [0, 0.1) is 6.92 Å². The van der Waals surface area contributed by atoms with Gasteiger partial charge in [-0.05, 0) is 38.1 Å². The smallest absolute Gasteiger partial charge is 0.234 e. The summed E-state index contributed by atoms with van der Waals surface area (Å²) in [4.78, 5) is 13.6. The maximum Gasteiger partial charge on any atom is 0.234 e. The lowest BCUT2D eigenvalue weighted by molar-refractivity contribution is -0.122. The quantitative estimate of drug-likeness (QED) is 0.704. The van der Waals surface area contributed by atoms with Crippen LogP contribution in [0.3, 0.4) is 0 Å². The Balaban J connectivity index is 2.16. The number of hydrogen-bond donors (Lipinski definition) is 1. The highest BCUT2D eigenvalue weighted by Crippen LogP contribution is 2.11. The second-order valence-electron chi connectivity index (χ2n) is 5.11. The Morgan fingerprint density at radius 3 is 2.90 bits per heavy atom. The highest BCUT2D eigenvalue weighted by atomic mass is 16.5. The minimum atomic E-state index is 0.0801. The molecule has 0 radical (unpaired) electrons. The summed E-state index contributed by atoms with van der Waals surface area (Å²) >= 11 is 0. The molecule has 0 aromatic heterocycles. The van der Waals surface area contributed by atoms with Gasteiger partial charge in [0.05, 0.1) is 6.54 Å². The molecule has 112 valence electrons. The fraction of sp³-hybridized carbons (Fsp3) is 0.562. The molecule has 1 N–H and O–H groups in total. The molecule has 0 spiro atoms. The van der Waals surface area contributed by atoms with Crippen LogP contribution in [0.25, 0.3) is 0 Å². The van der Waals surface area contributed by atoms with Crippen LogP contribution in [0.1, 0.15) is 25.3 Å². The Morgan fingerprint density at radius 2 is 2.20 bits per heavy atom. The molecule has 0 bridgehead atoms. The molecule has 1 aromatic carbocycles. The van der Waals surface area contributed by atoms with Crippen molar-refractivity contribution in [3.05, 3.63) is 29.8 Å². The van der Waals surface area contributed by atoms with Crippen molar-refractivity contribution >= 4 is 5.91 Å². The summed E-state index contributed by atoms with van der Waals surface area (Å²) in [7, 11) is 1.93. The van der Waals surface area contributed by atoms with Crippen LogP contribution in [0.2, 0.25) is 0 Å². The van der Waals surface area contributed by atoms with Gasteiger partial charge in [-0.3, -0.25) is 9.69 Å². The monoisotopic (exact) mass is 278 g/mol. The summed E-state index contributed by atoms with van der Waals surface area (Å²) in [5.74, 6) is 0.960. The zero-order valence-corrected chi connectivity index (χ0v) is 12.8. The van der Waals surface area contributed by atoms with E-state index in [-0.39, 0.29) is 5.91 Å². The van der Waals surface area contributed by atoms with Gasteiger partial charge in [0.15, 0.2) is 0 Å². The third-order valence-corrected chi connectivity index (χ3v) is 3.00. The highest BCUT2D eigenvalue weighted by molar-refractivity contribution is 5.77.